The Morgan fingerprint density at radius 3 is 2.60 bits per heavy atom. The van der Waals surface area contributed by atoms with Crippen LogP contribution < -0.4 is 0 Å². The molecule has 0 fully saturated rings. The van der Waals surface area contributed by atoms with Gasteiger partial charge in [-0.25, -0.2) is 0 Å². The molecule has 1 N–H and O–H groups in total. The zero-order chi connectivity index (χ0) is 22.3. The highest BCUT2D eigenvalue weighted by Crippen LogP contribution is 2.25. The van der Waals surface area contributed by atoms with Gasteiger partial charge in [-0.15, -0.1) is 10.2 Å². The van der Waals surface area contributed by atoms with Gasteiger partial charge in [0.1, 0.15) is 6.61 Å². The fraction of sp³-hybridized carbons (Fsp3) is 0.263. The molecule has 0 spiro atoms. The molecule has 0 aliphatic rings. The van der Waals surface area contributed by atoms with E-state index in [1.54, 1.807) is 12.3 Å². The molecule has 0 bridgehead atoms. The minimum Gasteiger partial charge on any atom is -0.464 e. The van der Waals surface area contributed by atoms with Crippen LogP contribution in [-0.4, -0.2) is 49.7 Å². The van der Waals surface area contributed by atoms with Gasteiger partial charge in [0.15, 0.2) is 5.78 Å². The molecule has 0 aliphatic heterocycles. The molecule has 3 aromatic rings. The highest BCUT2D eigenvalue weighted by Gasteiger charge is 2.19. The van der Waals surface area contributed by atoms with E-state index in [1.165, 1.54) is 11.7 Å². The molecule has 0 unspecified atom stereocenters. The molecule has 2 heterocycles. The Labute approximate surface area is 179 Å². The second-order valence-corrected chi connectivity index (χ2v) is 6.98. The lowest BCUT2D eigenvalue weighted by Crippen LogP contribution is -2.11. The molecule has 2 aromatic heterocycles. The fourth-order valence-corrected chi connectivity index (χ4v) is 2.94. The molecule has 0 atom stereocenters. The minimum atomic E-state index is -0.360. The Morgan fingerprint density at radius 1 is 1.27 bits per heavy atom. The average molecular weight is 476 g/mol. The predicted molar refractivity (Wildman–Crippen MR) is 106 cm³/mol. The van der Waals surface area contributed by atoms with E-state index in [0.29, 0.717) is 29.2 Å². The maximum Gasteiger partial charge on any atom is 0.373 e. The van der Waals surface area contributed by atoms with Gasteiger partial charge >= 0.3 is 12.1 Å². The molecule has 11 heteroatoms. The van der Waals surface area contributed by atoms with Crippen LogP contribution in [0, 0.1) is 13.8 Å². The van der Waals surface area contributed by atoms with Crippen LogP contribution in [0.3, 0.4) is 0 Å². The number of esters is 1. The number of benzene rings is 1. The molecule has 156 valence electrons. The maximum atomic E-state index is 12.8. The number of tetrazole rings is 1. The molecule has 1 aromatic carbocycles. The van der Waals surface area contributed by atoms with Crippen molar-refractivity contribution in [2.24, 2.45) is 0 Å². The number of hydrogen-bond acceptors (Lipinski definition) is 8. The molecule has 0 aliphatic carbocycles. The van der Waals surface area contributed by atoms with Crippen LogP contribution in [0.1, 0.15) is 34.0 Å². The first-order valence-corrected chi connectivity index (χ1v) is 9.47. The van der Waals surface area contributed by atoms with E-state index in [0.717, 1.165) is 15.6 Å². The Morgan fingerprint density at radius 2 is 1.97 bits per heavy atom. The van der Waals surface area contributed by atoms with Crippen molar-refractivity contribution in [3.8, 4) is 11.5 Å². The van der Waals surface area contributed by atoms with Crippen molar-refractivity contribution in [3.63, 3.8) is 0 Å². The molecule has 0 saturated heterocycles. The number of hydrogen-bond donors (Lipinski definition) is 1. The van der Waals surface area contributed by atoms with Crippen molar-refractivity contribution >= 4 is 33.8 Å². The maximum absolute atomic E-state index is 12.8. The zero-order valence-electron chi connectivity index (χ0n) is 16.4. The number of aromatic nitrogens is 5. The Kier molecular flexibility index (Phi) is 7.90. The Balaban J connectivity index is 0.00000101. The van der Waals surface area contributed by atoms with Crippen LogP contribution in [0.2, 0.25) is 0 Å². The van der Waals surface area contributed by atoms with Crippen molar-refractivity contribution in [1.29, 1.82) is 0 Å². The first-order chi connectivity index (χ1) is 14.3. The van der Waals surface area contributed by atoms with E-state index in [1.807, 2.05) is 26.0 Å². The molecule has 3 rings (SSSR count). The minimum absolute atomic E-state index is 0.0852. The first kappa shape index (κ1) is 22.9. The number of nitrogens with one attached hydrogen (secondary N) is 1. The number of H-pyrrole nitrogens is 1. The number of nitrogens with zero attached hydrogens (tertiary/aromatic N) is 4. The lowest BCUT2D eigenvalue weighted by atomic mass is 10.0. The number of aromatic amines is 1. The number of ketones is 1. The molecule has 0 amide bonds. The van der Waals surface area contributed by atoms with Gasteiger partial charge in [0.25, 0.3) is 0 Å². The topological polar surface area (TPSA) is 137 Å². The third kappa shape index (κ3) is 5.56. The summed E-state index contributed by atoms with van der Waals surface area (Å²) in [5, 5.41) is 12.2. The summed E-state index contributed by atoms with van der Waals surface area (Å²) in [6.07, 6.45) is 1.90. The summed E-state index contributed by atoms with van der Waals surface area (Å²) >= 11 is 3.46. The van der Waals surface area contributed by atoms with Crippen LogP contribution in [-0.2, 0) is 25.7 Å². The predicted octanol–water partition coefficient (Wildman–Crippen LogP) is 2.26. The number of ether oxygens (including phenoxy) is 1. The SMILES string of the molecule is CC(=O)OCCn1nnc(-c2[nH]cc(C(=O)c3ccc(C)c(Br)c3)c2C)n1.O=C=O. The normalized spacial score (nSPS) is 10.0. The lowest BCUT2D eigenvalue weighted by molar-refractivity contribution is -0.191. The second-order valence-electron chi connectivity index (χ2n) is 6.13. The monoisotopic (exact) mass is 475 g/mol. The highest BCUT2D eigenvalue weighted by molar-refractivity contribution is 9.10. The van der Waals surface area contributed by atoms with Gasteiger partial charge in [0.05, 0.1) is 12.2 Å². The Hall–Kier alpha value is -3.43. The van der Waals surface area contributed by atoms with Crippen molar-refractivity contribution < 1.29 is 23.9 Å². The van der Waals surface area contributed by atoms with Gasteiger partial charge in [-0.3, -0.25) is 9.59 Å². The number of aryl methyl sites for hydroxylation is 1. The summed E-state index contributed by atoms with van der Waals surface area (Å²) in [5.41, 5.74) is 3.59. The largest absolute Gasteiger partial charge is 0.464 e. The number of halogens is 1. The third-order valence-electron chi connectivity index (χ3n) is 4.09. The number of carbonyl (C=O) groups is 2. The number of carbonyl (C=O) groups excluding carboxylic acids is 4. The van der Waals surface area contributed by atoms with E-state index in [2.05, 4.69) is 36.3 Å². The molecule has 30 heavy (non-hydrogen) atoms. The fourth-order valence-electron chi connectivity index (χ4n) is 2.56. The first-order valence-electron chi connectivity index (χ1n) is 8.68. The van der Waals surface area contributed by atoms with E-state index in [9.17, 15) is 9.59 Å². The van der Waals surface area contributed by atoms with Gasteiger partial charge < -0.3 is 9.72 Å². The lowest BCUT2D eigenvalue weighted by Gasteiger charge is -2.03. The summed E-state index contributed by atoms with van der Waals surface area (Å²) in [6, 6.07) is 5.52. The van der Waals surface area contributed by atoms with Crippen molar-refractivity contribution in [2.45, 2.75) is 27.3 Å². The van der Waals surface area contributed by atoms with Gasteiger partial charge in [0.2, 0.25) is 5.82 Å². The van der Waals surface area contributed by atoms with Crippen molar-refractivity contribution in [2.75, 3.05) is 6.61 Å². The summed E-state index contributed by atoms with van der Waals surface area (Å²) in [5.74, 6) is -0.0705. The summed E-state index contributed by atoms with van der Waals surface area (Å²) in [7, 11) is 0. The molecule has 10 nitrogen and oxygen atoms in total. The molecule has 0 saturated carbocycles. The zero-order valence-corrected chi connectivity index (χ0v) is 18.0. The van der Waals surface area contributed by atoms with E-state index < -0.39 is 0 Å². The molecular weight excluding hydrogens is 458 g/mol. The smallest absolute Gasteiger partial charge is 0.373 e. The number of rotatable bonds is 6. The molecular formula is C19H18BrN5O5. The van der Waals surface area contributed by atoms with E-state index in [-0.39, 0.29) is 24.5 Å². The molecule has 0 radical (unpaired) electrons. The van der Waals surface area contributed by atoms with E-state index >= 15 is 0 Å². The van der Waals surface area contributed by atoms with Gasteiger partial charge in [-0.05, 0) is 36.3 Å². The van der Waals surface area contributed by atoms with Gasteiger partial charge in [-0.1, -0.05) is 28.1 Å². The standard InChI is InChI=1S/C18H18BrN5O3.CO2/c1-10-4-5-13(8-15(10)19)17(26)14-9-20-16(11(14)2)18-21-23-24(22-18)6-7-27-12(3)25;2-1-3/h4-5,8-9,20H,6-7H2,1-3H3;. The van der Waals surface area contributed by atoms with E-state index in [4.69, 9.17) is 14.3 Å². The second kappa shape index (κ2) is 10.4. The average Bonchev–Trinajstić information content (AvgIpc) is 3.30. The quantitative estimate of drug-likeness (QED) is 0.423. The highest BCUT2D eigenvalue weighted by atomic mass is 79.9. The van der Waals surface area contributed by atoms with Crippen LogP contribution in [0.5, 0.6) is 0 Å². The van der Waals surface area contributed by atoms with Crippen LogP contribution in [0.4, 0.5) is 0 Å². The summed E-state index contributed by atoms with van der Waals surface area (Å²) < 4.78 is 5.75. The van der Waals surface area contributed by atoms with Crippen molar-refractivity contribution in [1.82, 2.24) is 25.2 Å². The van der Waals surface area contributed by atoms with Gasteiger partial charge in [0, 0.05) is 28.7 Å². The third-order valence-corrected chi connectivity index (χ3v) is 4.95. The van der Waals surface area contributed by atoms with Crippen LogP contribution >= 0.6 is 15.9 Å². The Bertz CT molecular complexity index is 1100. The summed E-state index contributed by atoms with van der Waals surface area (Å²) in [6.45, 7) is 5.61. The van der Waals surface area contributed by atoms with Crippen molar-refractivity contribution in [3.05, 3.63) is 51.1 Å². The van der Waals surface area contributed by atoms with Crippen LogP contribution in [0.15, 0.2) is 28.9 Å². The summed E-state index contributed by atoms with van der Waals surface area (Å²) in [4.78, 5) is 44.3. The van der Waals surface area contributed by atoms with Gasteiger partial charge in [-0.2, -0.15) is 14.4 Å². The van der Waals surface area contributed by atoms with Crippen LogP contribution in [0.25, 0.3) is 11.5 Å².